The molecule has 2 aromatic rings. The van der Waals surface area contributed by atoms with Gasteiger partial charge in [-0.1, -0.05) is 23.2 Å². The highest BCUT2D eigenvalue weighted by atomic mass is 35.5. The number of rotatable bonds is 5. The highest BCUT2D eigenvalue weighted by Gasteiger charge is 2.10. The van der Waals surface area contributed by atoms with Crippen molar-refractivity contribution in [3.8, 4) is 0 Å². The summed E-state index contributed by atoms with van der Waals surface area (Å²) in [5.41, 5.74) is 2.58. The van der Waals surface area contributed by atoms with Crippen molar-refractivity contribution in [2.24, 2.45) is 0 Å². The van der Waals surface area contributed by atoms with E-state index < -0.39 is 0 Å². The number of ketones is 1. The number of anilines is 2. The Labute approximate surface area is 157 Å². The molecule has 0 bridgehead atoms. The lowest BCUT2D eigenvalue weighted by Gasteiger charge is -2.28. The van der Waals surface area contributed by atoms with Crippen molar-refractivity contribution >= 4 is 40.4 Å². The van der Waals surface area contributed by atoms with Crippen molar-refractivity contribution in [3.05, 3.63) is 70.3 Å². The molecular formula is C19H18Cl2N2O2. The third-order valence-corrected chi connectivity index (χ3v) is 4.67. The van der Waals surface area contributed by atoms with Gasteiger partial charge in [0.05, 0.1) is 23.3 Å². The largest absolute Gasteiger partial charge is 0.378 e. The van der Waals surface area contributed by atoms with Crippen LogP contribution in [0.1, 0.15) is 10.4 Å². The molecule has 2 aromatic carbocycles. The van der Waals surface area contributed by atoms with Crippen LogP contribution in [0.4, 0.5) is 11.4 Å². The maximum Gasteiger partial charge on any atom is 0.187 e. The summed E-state index contributed by atoms with van der Waals surface area (Å²) < 4.78 is 5.36. The van der Waals surface area contributed by atoms with Crippen LogP contribution in [0.25, 0.3) is 0 Å². The normalized spacial score (nSPS) is 14.7. The van der Waals surface area contributed by atoms with Crippen LogP contribution in [0.3, 0.4) is 0 Å². The Morgan fingerprint density at radius 1 is 1.04 bits per heavy atom. The Balaban J connectivity index is 1.57. The molecule has 6 heteroatoms. The summed E-state index contributed by atoms with van der Waals surface area (Å²) in [6.07, 6.45) is 3.09. The number of nitrogens with zero attached hydrogens (tertiary/aromatic N) is 1. The quantitative estimate of drug-likeness (QED) is 0.609. The SMILES string of the molecule is O=C(/C=C/Nc1ccc(N2CCOCC2)cc1)c1ccc(Cl)c(Cl)c1. The first kappa shape index (κ1) is 17.8. The standard InChI is InChI=1S/C19H18Cl2N2O2/c20-17-6-1-14(13-18(17)21)19(24)7-8-22-15-2-4-16(5-3-15)23-9-11-25-12-10-23/h1-8,13,22H,9-12H2/b8-7+. The van der Waals surface area contributed by atoms with Crippen LogP contribution >= 0.6 is 23.2 Å². The minimum atomic E-state index is -0.143. The summed E-state index contributed by atoms with van der Waals surface area (Å²) in [5, 5.41) is 3.90. The van der Waals surface area contributed by atoms with Gasteiger partial charge in [0.15, 0.2) is 5.78 Å². The van der Waals surface area contributed by atoms with Gasteiger partial charge in [0.25, 0.3) is 0 Å². The highest BCUT2D eigenvalue weighted by Crippen LogP contribution is 2.23. The minimum Gasteiger partial charge on any atom is -0.378 e. The first-order chi connectivity index (χ1) is 12.1. The maximum absolute atomic E-state index is 12.1. The van der Waals surface area contributed by atoms with Crippen LogP contribution in [0.5, 0.6) is 0 Å². The Morgan fingerprint density at radius 3 is 2.44 bits per heavy atom. The van der Waals surface area contributed by atoms with Crippen LogP contribution < -0.4 is 10.2 Å². The molecule has 0 aliphatic carbocycles. The highest BCUT2D eigenvalue weighted by molar-refractivity contribution is 6.42. The number of carbonyl (C=O) groups excluding carboxylic acids is 1. The molecule has 1 heterocycles. The Kier molecular flexibility index (Phi) is 5.97. The third kappa shape index (κ3) is 4.75. The number of hydrogen-bond donors (Lipinski definition) is 1. The van der Waals surface area contributed by atoms with Gasteiger partial charge in [-0.25, -0.2) is 0 Å². The topological polar surface area (TPSA) is 41.6 Å². The van der Waals surface area contributed by atoms with Crippen molar-refractivity contribution in [2.75, 3.05) is 36.5 Å². The zero-order valence-electron chi connectivity index (χ0n) is 13.5. The smallest absolute Gasteiger partial charge is 0.187 e. The summed E-state index contributed by atoms with van der Waals surface area (Å²) in [5.74, 6) is -0.143. The summed E-state index contributed by atoms with van der Waals surface area (Å²) in [6, 6.07) is 12.9. The van der Waals surface area contributed by atoms with E-state index >= 15 is 0 Å². The van der Waals surface area contributed by atoms with Gasteiger partial charge in [-0.05, 0) is 42.5 Å². The van der Waals surface area contributed by atoms with E-state index in [1.165, 1.54) is 11.8 Å². The minimum absolute atomic E-state index is 0.143. The molecule has 0 spiro atoms. The first-order valence-electron chi connectivity index (χ1n) is 7.99. The zero-order chi connectivity index (χ0) is 17.6. The van der Waals surface area contributed by atoms with E-state index in [0.717, 1.165) is 32.0 Å². The predicted octanol–water partition coefficient (Wildman–Crippen LogP) is 4.64. The van der Waals surface area contributed by atoms with E-state index in [-0.39, 0.29) is 5.78 Å². The van der Waals surface area contributed by atoms with Crippen molar-refractivity contribution < 1.29 is 9.53 Å². The monoisotopic (exact) mass is 376 g/mol. The fourth-order valence-electron chi connectivity index (χ4n) is 2.55. The van der Waals surface area contributed by atoms with Crippen LogP contribution in [-0.2, 0) is 4.74 Å². The molecule has 0 atom stereocenters. The van der Waals surface area contributed by atoms with Crippen LogP contribution in [0.15, 0.2) is 54.7 Å². The average Bonchev–Trinajstić information content (AvgIpc) is 2.65. The fraction of sp³-hybridized carbons (Fsp3) is 0.211. The molecule has 1 fully saturated rings. The van der Waals surface area contributed by atoms with E-state index in [9.17, 15) is 4.79 Å². The molecule has 0 amide bonds. The molecule has 1 aliphatic heterocycles. The van der Waals surface area contributed by atoms with Gasteiger partial charge >= 0.3 is 0 Å². The second-order valence-electron chi connectivity index (χ2n) is 5.62. The molecule has 0 aromatic heterocycles. The Hall–Kier alpha value is -2.01. The Bertz CT molecular complexity index is 769. The zero-order valence-corrected chi connectivity index (χ0v) is 15.1. The van der Waals surface area contributed by atoms with Gasteiger partial charge < -0.3 is 15.0 Å². The lowest BCUT2D eigenvalue weighted by atomic mass is 10.1. The number of ether oxygens (including phenoxy) is 1. The number of allylic oxidation sites excluding steroid dienone is 1. The molecule has 0 saturated carbocycles. The van der Waals surface area contributed by atoms with Gasteiger partial charge in [-0.3, -0.25) is 4.79 Å². The second kappa shape index (κ2) is 8.39. The lowest BCUT2D eigenvalue weighted by Crippen LogP contribution is -2.36. The lowest BCUT2D eigenvalue weighted by molar-refractivity contribution is 0.104. The van der Waals surface area contributed by atoms with Crippen LogP contribution in [0, 0.1) is 0 Å². The van der Waals surface area contributed by atoms with E-state index in [4.69, 9.17) is 27.9 Å². The van der Waals surface area contributed by atoms with E-state index in [2.05, 4.69) is 22.3 Å². The number of halogens is 2. The molecular weight excluding hydrogens is 359 g/mol. The average molecular weight is 377 g/mol. The van der Waals surface area contributed by atoms with Gasteiger partial charge in [0, 0.05) is 42.3 Å². The van der Waals surface area contributed by atoms with Crippen LogP contribution in [0.2, 0.25) is 10.0 Å². The molecule has 1 N–H and O–H groups in total. The number of nitrogens with one attached hydrogen (secondary N) is 1. The number of morpholine rings is 1. The Morgan fingerprint density at radius 2 is 1.76 bits per heavy atom. The summed E-state index contributed by atoms with van der Waals surface area (Å²) >= 11 is 11.8. The second-order valence-corrected chi connectivity index (χ2v) is 6.43. The third-order valence-electron chi connectivity index (χ3n) is 3.93. The molecule has 3 rings (SSSR count). The van der Waals surface area contributed by atoms with Crippen molar-refractivity contribution in [2.45, 2.75) is 0 Å². The fourth-order valence-corrected chi connectivity index (χ4v) is 2.85. The van der Waals surface area contributed by atoms with Crippen molar-refractivity contribution in [1.29, 1.82) is 0 Å². The molecule has 130 valence electrons. The molecule has 0 radical (unpaired) electrons. The molecule has 0 unspecified atom stereocenters. The van der Waals surface area contributed by atoms with E-state index in [1.54, 1.807) is 24.4 Å². The van der Waals surface area contributed by atoms with Crippen molar-refractivity contribution in [1.82, 2.24) is 0 Å². The van der Waals surface area contributed by atoms with Gasteiger partial charge in [0.1, 0.15) is 0 Å². The number of hydrogen-bond acceptors (Lipinski definition) is 4. The van der Waals surface area contributed by atoms with Crippen LogP contribution in [-0.4, -0.2) is 32.1 Å². The van der Waals surface area contributed by atoms with Gasteiger partial charge in [-0.15, -0.1) is 0 Å². The molecule has 4 nitrogen and oxygen atoms in total. The van der Waals surface area contributed by atoms with Gasteiger partial charge in [-0.2, -0.15) is 0 Å². The first-order valence-corrected chi connectivity index (χ1v) is 8.74. The van der Waals surface area contributed by atoms with E-state index in [1.807, 2.05) is 12.1 Å². The molecule has 1 aliphatic rings. The van der Waals surface area contributed by atoms with E-state index in [0.29, 0.717) is 15.6 Å². The maximum atomic E-state index is 12.1. The summed E-state index contributed by atoms with van der Waals surface area (Å²) in [7, 11) is 0. The number of carbonyl (C=O) groups is 1. The predicted molar refractivity (Wildman–Crippen MR) is 103 cm³/mol. The molecule has 1 saturated heterocycles. The number of benzene rings is 2. The van der Waals surface area contributed by atoms with Crippen molar-refractivity contribution in [3.63, 3.8) is 0 Å². The molecule has 25 heavy (non-hydrogen) atoms. The summed E-state index contributed by atoms with van der Waals surface area (Å²) in [4.78, 5) is 14.4. The van der Waals surface area contributed by atoms with Gasteiger partial charge in [0.2, 0.25) is 0 Å². The summed E-state index contributed by atoms with van der Waals surface area (Å²) in [6.45, 7) is 3.34.